The molecule has 1 saturated heterocycles. The lowest BCUT2D eigenvalue weighted by atomic mass is 9.95. The number of benzene rings is 1. The van der Waals surface area contributed by atoms with E-state index in [9.17, 15) is 13.7 Å². The first-order chi connectivity index (χ1) is 18.8. The zero-order chi connectivity index (χ0) is 27.6. The average Bonchev–Trinajstić information content (AvgIpc) is 3.78. The first kappa shape index (κ1) is 26.4. The van der Waals surface area contributed by atoms with Crippen molar-refractivity contribution in [3.05, 3.63) is 70.7 Å². The van der Waals surface area contributed by atoms with Crippen molar-refractivity contribution in [2.45, 2.75) is 38.4 Å². The molecule has 1 N–H and O–H groups in total. The summed E-state index contributed by atoms with van der Waals surface area (Å²) in [6.07, 6.45) is 7.21. The Kier molecular flexibility index (Phi) is 7.38. The topological polar surface area (TPSA) is 135 Å². The van der Waals surface area contributed by atoms with Crippen LogP contribution < -0.4 is 15.0 Å². The number of hydrogen-bond donors (Lipinski definition) is 1. The van der Waals surface area contributed by atoms with Crippen molar-refractivity contribution in [3.63, 3.8) is 0 Å². The minimum atomic E-state index is -3.19. The minimum absolute atomic E-state index is 0.210. The van der Waals surface area contributed by atoms with Crippen LogP contribution in [0.2, 0.25) is 0 Å². The van der Waals surface area contributed by atoms with Crippen LogP contribution in [0.25, 0.3) is 0 Å². The predicted octanol–water partition coefficient (Wildman–Crippen LogP) is 4.16. The molecule has 1 saturated carbocycles. The molecule has 0 bridgehead atoms. The van der Waals surface area contributed by atoms with Gasteiger partial charge in [-0.2, -0.15) is 19.8 Å². The molecule has 2 aromatic rings. The predicted molar refractivity (Wildman–Crippen MR) is 148 cm³/mol. The Labute approximate surface area is 228 Å². The van der Waals surface area contributed by atoms with Crippen LogP contribution >= 0.6 is 0 Å². The highest BCUT2D eigenvalue weighted by molar-refractivity contribution is 7.90. The standard InChI is InChI=1S/C28H29N7O3S/c1-19-15-21(7-9-29)16-20(2)27(19)38-26-8-10-31-28(33-26)32-23-3-6-25(22(17-23)18-30)34-11-13-35(14-12-34)39(36,37)24-4-5-24/h3,6-8,10,15,17,24H,4-5,11-14,16H2,1-2H3,(H,31,32,33)/b21-7+. The van der Waals surface area contributed by atoms with E-state index in [4.69, 9.17) is 10.00 Å². The van der Waals surface area contributed by atoms with Gasteiger partial charge in [-0.05, 0) is 68.0 Å². The Hall–Kier alpha value is -4.19. The second kappa shape index (κ2) is 10.9. The largest absolute Gasteiger partial charge is 0.439 e. The highest BCUT2D eigenvalue weighted by Crippen LogP contribution is 2.33. The first-order valence-electron chi connectivity index (χ1n) is 12.8. The van der Waals surface area contributed by atoms with Crippen LogP contribution in [-0.4, -0.2) is 54.1 Å². The quantitative estimate of drug-likeness (QED) is 0.511. The van der Waals surface area contributed by atoms with Gasteiger partial charge in [0.1, 0.15) is 11.8 Å². The molecule has 0 unspecified atom stereocenters. The van der Waals surface area contributed by atoms with Gasteiger partial charge in [0.25, 0.3) is 0 Å². The van der Waals surface area contributed by atoms with E-state index in [1.807, 2.05) is 32.1 Å². The summed E-state index contributed by atoms with van der Waals surface area (Å²) in [5, 5.41) is 21.7. The van der Waals surface area contributed by atoms with E-state index in [2.05, 4.69) is 32.3 Å². The summed E-state index contributed by atoms with van der Waals surface area (Å²) in [6.45, 7) is 5.81. The average molecular weight is 544 g/mol. The van der Waals surface area contributed by atoms with Gasteiger partial charge >= 0.3 is 0 Å². The molecule has 1 aliphatic heterocycles. The SMILES string of the molecule is CC1=C/C(=C\C#N)CC(C)=C1Oc1ccnc(Nc2ccc(N3CCN(S(=O)(=O)C4CC4)CC3)c(C#N)c2)n1. The van der Waals surface area contributed by atoms with Crippen molar-refractivity contribution < 1.29 is 13.2 Å². The lowest BCUT2D eigenvalue weighted by molar-refractivity contribution is 0.384. The van der Waals surface area contributed by atoms with E-state index < -0.39 is 10.0 Å². The molecule has 10 nitrogen and oxygen atoms in total. The third kappa shape index (κ3) is 5.80. The molecular weight excluding hydrogens is 514 g/mol. The molecule has 2 aliphatic carbocycles. The normalized spacial score (nSPS) is 19.3. The molecule has 0 atom stereocenters. The highest BCUT2D eigenvalue weighted by Gasteiger charge is 2.41. The van der Waals surface area contributed by atoms with Crippen molar-refractivity contribution in [2.24, 2.45) is 0 Å². The molecule has 0 radical (unpaired) electrons. The summed E-state index contributed by atoms with van der Waals surface area (Å²) in [7, 11) is -3.19. The van der Waals surface area contributed by atoms with E-state index in [-0.39, 0.29) is 5.25 Å². The van der Waals surface area contributed by atoms with Crippen molar-refractivity contribution >= 4 is 27.3 Å². The number of ether oxygens (including phenoxy) is 1. The number of aromatic nitrogens is 2. The van der Waals surface area contributed by atoms with E-state index in [0.717, 1.165) is 41.0 Å². The molecule has 39 heavy (non-hydrogen) atoms. The maximum absolute atomic E-state index is 12.5. The Balaban J connectivity index is 1.26. The number of anilines is 3. The van der Waals surface area contributed by atoms with Gasteiger partial charge < -0.3 is 15.0 Å². The van der Waals surface area contributed by atoms with Crippen molar-refractivity contribution in [3.8, 4) is 18.0 Å². The van der Waals surface area contributed by atoms with Gasteiger partial charge in [0.05, 0.1) is 22.6 Å². The zero-order valence-electron chi connectivity index (χ0n) is 21.9. The fourth-order valence-corrected chi connectivity index (χ4v) is 6.72. The van der Waals surface area contributed by atoms with Crippen LogP contribution in [0.1, 0.15) is 38.7 Å². The third-order valence-corrected chi connectivity index (χ3v) is 9.36. The van der Waals surface area contributed by atoms with E-state index in [1.165, 1.54) is 6.08 Å². The van der Waals surface area contributed by atoms with Gasteiger partial charge in [0, 0.05) is 50.2 Å². The van der Waals surface area contributed by atoms with Crippen LogP contribution in [-0.2, 0) is 10.0 Å². The molecule has 2 heterocycles. The maximum atomic E-state index is 12.5. The molecule has 0 spiro atoms. The number of allylic oxidation sites excluding steroid dienone is 5. The number of sulfonamides is 1. The van der Waals surface area contributed by atoms with Gasteiger partial charge in [-0.3, -0.25) is 0 Å². The van der Waals surface area contributed by atoms with Gasteiger partial charge in [0.15, 0.2) is 0 Å². The fourth-order valence-electron chi connectivity index (χ4n) is 4.89. The molecule has 3 aliphatic rings. The van der Waals surface area contributed by atoms with Crippen LogP contribution in [0.3, 0.4) is 0 Å². The molecule has 11 heteroatoms. The number of nitrogens with one attached hydrogen (secondary N) is 1. The smallest absolute Gasteiger partial charge is 0.230 e. The second-order valence-electron chi connectivity index (χ2n) is 9.88. The van der Waals surface area contributed by atoms with Gasteiger partial charge in [-0.25, -0.2) is 13.4 Å². The Bertz CT molecular complexity index is 1570. The molecule has 1 aromatic heterocycles. The molecule has 200 valence electrons. The van der Waals surface area contributed by atoms with Crippen molar-refractivity contribution in [1.82, 2.24) is 14.3 Å². The van der Waals surface area contributed by atoms with E-state index >= 15 is 0 Å². The summed E-state index contributed by atoms with van der Waals surface area (Å²) in [6, 6.07) is 11.5. The van der Waals surface area contributed by atoms with Gasteiger partial charge in [-0.1, -0.05) is 6.08 Å². The highest BCUT2D eigenvalue weighted by atomic mass is 32.2. The second-order valence-corrected chi connectivity index (χ2v) is 12.1. The molecular formula is C28H29N7O3S. The molecule has 0 amide bonds. The number of piperazine rings is 1. The number of nitriles is 2. The van der Waals surface area contributed by atoms with Gasteiger partial charge in [-0.15, -0.1) is 0 Å². The molecule has 2 fully saturated rings. The van der Waals surface area contributed by atoms with Gasteiger partial charge in [0.2, 0.25) is 21.9 Å². The lowest BCUT2D eigenvalue weighted by Crippen LogP contribution is -2.49. The summed E-state index contributed by atoms with van der Waals surface area (Å²) in [4.78, 5) is 10.8. The minimum Gasteiger partial charge on any atom is -0.439 e. The van der Waals surface area contributed by atoms with Crippen LogP contribution in [0.15, 0.2) is 65.1 Å². The molecule has 1 aromatic carbocycles. The number of nitrogens with zero attached hydrogens (tertiary/aromatic N) is 6. The summed E-state index contributed by atoms with van der Waals surface area (Å²) < 4.78 is 32.8. The first-order valence-corrected chi connectivity index (χ1v) is 14.3. The van der Waals surface area contributed by atoms with Crippen molar-refractivity contribution in [2.75, 3.05) is 36.4 Å². The Morgan fingerprint density at radius 1 is 1.13 bits per heavy atom. The van der Waals surface area contributed by atoms with E-state index in [0.29, 0.717) is 55.7 Å². The fraction of sp³-hybridized carbons (Fsp3) is 0.357. The monoisotopic (exact) mass is 543 g/mol. The maximum Gasteiger partial charge on any atom is 0.230 e. The lowest BCUT2D eigenvalue weighted by Gasteiger charge is -2.35. The van der Waals surface area contributed by atoms with Crippen molar-refractivity contribution in [1.29, 1.82) is 10.5 Å². The summed E-state index contributed by atoms with van der Waals surface area (Å²) in [5.74, 6) is 1.41. The third-order valence-electron chi connectivity index (χ3n) is 6.96. The Morgan fingerprint density at radius 2 is 1.90 bits per heavy atom. The van der Waals surface area contributed by atoms with E-state index in [1.54, 1.807) is 22.6 Å². The van der Waals surface area contributed by atoms with Crippen LogP contribution in [0.5, 0.6) is 5.88 Å². The number of hydrogen-bond acceptors (Lipinski definition) is 9. The molecule has 5 rings (SSSR count). The van der Waals surface area contributed by atoms with Crippen LogP contribution in [0, 0.1) is 22.7 Å². The summed E-state index contributed by atoms with van der Waals surface area (Å²) >= 11 is 0. The zero-order valence-corrected chi connectivity index (χ0v) is 22.7. The number of rotatable bonds is 7. The summed E-state index contributed by atoms with van der Waals surface area (Å²) in [5.41, 5.74) is 4.76. The Morgan fingerprint density at radius 3 is 2.56 bits per heavy atom. The van der Waals surface area contributed by atoms with Crippen LogP contribution in [0.4, 0.5) is 17.3 Å².